The Morgan fingerprint density at radius 2 is 1.38 bits per heavy atom. The zero-order valence-electron chi connectivity index (χ0n) is 10.6. The molecular formula is C15H9F2NO3. The third-order valence-electron chi connectivity index (χ3n) is 3.29. The van der Waals surface area contributed by atoms with Crippen LogP contribution in [0.4, 0.5) is 8.78 Å². The number of aromatic hydroxyl groups is 1. The van der Waals surface area contributed by atoms with Crippen molar-refractivity contribution in [2.75, 3.05) is 0 Å². The SMILES string of the molecule is O=C1c2cc(F)c(F)cc2C(=O)N1Cc1ccc(O)cc1. The predicted molar refractivity (Wildman–Crippen MR) is 68.7 cm³/mol. The molecule has 0 aromatic heterocycles. The summed E-state index contributed by atoms with van der Waals surface area (Å²) in [5.41, 5.74) is 0.332. The predicted octanol–water partition coefficient (Wildman–Crippen LogP) is 2.47. The standard InChI is InChI=1S/C15H9F2NO3/c16-12-5-10-11(6-13(12)17)15(21)18(14(10)20)7-8-1-3-9(19)4-2-8/h1-6,19H,7H2. The van der Waals surface area contributed by atoms with E-state index in [1.807, 2.05) is 0 Å². The maximum atomic E-state index is 13.2. The minimum Gasteiger partial charge on any atom is -0.508 e. The van der Waals surface area contributed by atoms with Crippen LogP contribution in [0, 0.1) is 11.6 Å². The number of halogens is 2. The Hall–Kier alpha value is -2.76. The topological polar surface area (TPSA) is 57.6 Å². The number of carbonyl (C=O) groups is 2. The number of imide groups is 1. The number of nitrogens with zero attached hydrogens (tertiary/aromatic N) is 1. The molecule has 2 aromatic carbocycles. The van der Waals surface area contributed by atoms with Crippen molar-refractivity contribution in [3.63, 3.8) is 0 Å². The number of hydrogen-bond acceptors (Lipinski definition) is 3. The lowest BCUT2D eigenvalue weighted by atomic mass is 10.1. The number of amides is 2. The highest BCUT2D eigenvalue weighted by Crippen LogP contribution is 2.27. The summed E-state index contributed by atoms with van der Waals surface area (Å²) >= 11 is 0. The average molecular weight is 289 g/mol. The Balaban J connectivity index is 1.94. The first kappa shape index (κ1) is 13.2. The van der Waals surface area contributed by atoms with Crippen LogP contribution >= 0.6 is 0 Å². The van der Waals surface area contributed by atoms with Crippen LogP contribution in [0.5, 0.6) is 5.75 Å². The van der Waals surface area contributed by atoms with Gasteiger partial charge in [0.25, 0.3) is 11.8 Å². The maximum absolute atomic E-state index is 13.2. The number of phenolic OH excluding ortho intramolecular Hbond substituents is 1. The number of hydrogen-bond donors (Lipinski definition) is 1. The van der Waals surface area contributed by atoms with E-state index in [1.165, 1.54) is 12.1 Å². The number of rotatable bonds is 2. The zero-order chi connectivity index (χ0) is 15.1. The van der Waals surface area contributed by atoms with Gasteiger partial charge in [0.2, 0.25) is 0 Å². The van der Waals surface area contributed by atoms with Gasteiger partial charge in [-0.1, -0.05) is 12.1 Å². The molecule has 0 fully saturated rings. The van der Waals surface area contributed by atoms with Gasteiger partial charge in [0, 0.05) is 0 Å². The molecule has 2 aromatic rings. The van der Waals surface area contributed by atoms with Crippen molar-refractivity contribution >= 4 is 11.8 Å². The van der Waals surface area contributed by atoms with E-state index in [-0.39, 0.29) is 23.4 Å². The molecular weight excluding hydrogens is 280 g/mol. The van der Waals surface area contributed by atoms with E-state index in [1.54, 1.807) is 12.1 Å². The summed E-state index contributed by atoms with van der Waals surface area (Å²) in [4.78, 5) is 25.1. The van der Waals surface area contributed by atoms with Gasteiger partial charge in [-0.2, -0.15) is 0 Å². The second-order valence-corrected chi connectivity index (χ2v) is 4.67. The Morgan fingerprint density at radius 1 is 0.905 bits per heavy atom. The van der Waals surface area contributed by atoms with Gasteiger partial charge in [0.1, 0.15) is 5.75 Å². The van der Waals surface area contributed by atoms with E-state index in [9.17, 15) is 23.5 Å². The minimum absolute atomic E-state index is 0.0319. The Kier molecular flexibility index (Phi) is 2.94. The Labute approximate surface area is 118 Å². The highest BCUT2D eigenvalue weighted by Gasteiger charge is 2.36. The minimum atomic E-state index is -1.17. The van der Waals surface area contributed by atoms with Crippen LogP contribution in [0.3, 0.4) is 0 Å². The van der Waals surface area contributed by atoms with Gasteiger partial charge >= 0.3 is 0 Å². The van der Waals surface area contributed by atoms with Gasteiger partial charge in [-0.15, -0.1) is 0 Å². The molecule has 0 spiro atoms. The molecule has 6 heteroatoms. The fourth-order valence-electron chi connectivity index (χ4n) is 2.21. The smallest absolute Gasteiger partial charge is 0.261 e. The number of carbonyl (C=O) groups excluding carboxylic acids is 2. The summed E-state index contributed by atoms with van der Waals surface area (Å²) in [5, 5.41) is 9.19. The van der Waals surface area contributed by atoms with E-state index >= 15 is 0 Å². The number of benzene rings is 2. The summed E-state index contributed by atoms with van der Waals surface area (Å²) in [6, 6.07) is 7.43. The Bertz CT molecular complexity index is 715. The van der Waals surface area contributed by atoms with Crippen LogP contribution < -0.4 is 0 Å². The summed E-state index contributed by atoms with van der Waals surface area (Å²) in [6.07, 6.45) is 0. The molecule has 0 radical (unpaired) electrons. The molecule has 1 heterocycles. The van der Waals surface area contributed by atoms with Gasteiger partial charge in [-0.05, 0) is 29.8 Å². The molecule has 0 saturated heterocycles. The van der Waals surface area contributed by atoms with Crippen molar-refractivity contribution in [1.82, 2.24) is 4.90 Å². The highest BCUT2D eigenvalue weighted by atomic mass is 19.2. The summed E-state index contributed by atoms with van der Waals surface area (Å²) in [6.45, 7) is -0.0319. The van der Waals surface area contributed by atoms with Crippen molar-refractivity contribution in [3.05, 3.63) is 64.7 Å². The van der Waals surface area contributed by atoms with Crippen molar-refractivity contribution < 1.29 is 23.5 Å². The molecule has 0 unspecified atom stereocenters. The first-order chi connectivity index (χ1) is 9.97. The number of phenols is 1. The largest absolute Gasteiger partial charge is 0.508 e. The normalized spacial score (nSPS) is 13.7. The third kappa shape index (κ3) is 2.14. The molecule has 1 aliphatic heterocycles. The molecule has 1 aliphatic rings. The monoisotopic (exact) mass is 289 g/mol. The van der Waals surface area contributed by atoms with E-state index in [0.29, 0.717) is 5.56 Å². The lowest BCUT2D eigenvalue weighted by Gasteiger charge is -2.13. The van der Waals surface area contributed by atoms with Gasteiger partial charge < -0.3 is 5.11 Å². The van der Waals surface area contributed by atoms with Gasteiger partial charge in [0.05, 0.1) is 17.7 Å². The van der Waals surface area contributed by atoms with Crippen molar-refractivity contribution in [2.24, 2.45) is 0 Å². The molecule has 2 amide bonds. The molecule has 0 atom stereocenters. The van der Waals surface area contributed by atoms with E-state index < -0.39 is 23.4 Å². The molecule has 0 saturated carbocycles. The summed E-state index contributed by atoms with van der Waals surface area (Å²) in [5.74, 6) is -3.60. The van der Waals surface area contributed by atoms with Crippen LogP contribution in [0.2, 0.25) is 0 Å². The molecule has 106 valence electrons. The summed E-state index contributed by atoms with van der Waals surface area (Å²) < 4.78 is 26.4. The fourth-order valence-corrected chi connectivity index (χ4v) is 2.21. The maximum Gasteiger partial charge on any atom is 0.261 e. The van der Waals surface area contributed by atoms with Gasteiger partial charge in [-0.25, -0.2) is 8.78 Å². The van der Waals surface area contributed by atoms with Crippen LogP contribution in [0.1, 0.15) is 26.3 Å². The summed E-state index contributed by atoms with van der Waals surface area (Å²) in [7, 11) is 0. The average Bonchev–Trinajstić information content (AvgIpc) is 2.67. The molecule has 1 N–H and O–H groups in total. The number of fused-ring (bicyclic) bond motifs is 1. The second kappa shape index (κ2) is 4.66. The fraction of sp³-hybridized carbons (Fsp3) is 0.0667. The highest BCUT2D eigenvalue weighted by molar-refractivity contribution is 6.21. The molecule has 3 rings (SSSR count). The van der Waals surface area contributed by atoms with Crippen LogP contribution in [0.25, 0.3) is 0 Å². The van der Waals surface area contributed by atoms with E-state index in [4.69, 9.17) is 0 Å². The third-order valence-corrected chi connectivity index (χ3v) is 3.29. The van der Waals surface area contributed by atoms with E-state index in [0.717, 1.165) is 17.0 Å². The van der Waals surface area contributed by atoms with Gasteiger partial charge in [0.15, 0.2) is 11.6 Å². The van der Waals surface area contributed by atoms with Crippen molar-refractivity contribution in [1.29, 1.82) is 0 Å². The zero-order valence-corrected chi connectivity index (χ0v) is 10.6. The molecule has 0 bridgehead atoms. The molecule has 21 heavy (non-hydrogen) atoms. The van der Waals surface area contributed by atoms with Crippen molar-refractivity contribution in [3.8, 4) is 5.75 Å². The second-order valence-electron chi connectivity index (χ2n) is 4.67. The quantitative estimate of drug-likeness (QED) is 0.864. The van der Waals surface area contributed by atoms with Crippen LogP contribution in [0.15, 0.2) is 36.4 Å². The first-order valence-corrected chi connectivity index (χ1v) is 6.10. The molecule has 0 aliphatic carbocycles. The lowest BCUT2D eigenvalue weighted by Crippen LogP contribution is -2.29. The molecule has 4 nitrogen and oxygen atoms in total. The first-order valence-electron chi connectivity index (χ1n) is 6.10. The van der Waals surface area contributed by atoms with E-state index in [2.05, 4.69) is 0 Å². The lowest BCUT2D eigenvalue weighted by molar-refractivity contribution is 0.0642. The van der Waals surface area contributed by atoms with Crippen LogP contribution in [-0.2, 0) is 6.54 Å². The Morgan fingerprint density at radius 3 is 1.86 bits per heavy atom. The van der Waals surface area contributed by atoms with Gasteiger partial charge in [-0.3, -0.25) is 14.5 Å². The van der Waals surface area contributed by atoms with Crippen molar-refractivity contribution in [2.45, 2.75) is 6.54 Å². The van der Waals surface area contributed by atoms with Crippen LogP contribution in [-0.4, -0.2) is 21.8 Å².